The molecule has 0 radical (unpaired) electrons. The van der Waals surface area contributed by atoms with E-state index in [4.69, 9.17) is 0 Å². The van der Waals surface area contributed by atoms with Crippen LogP contribution in [0.3, 0.4) is 0 Å². The Bertz CT molecular complexity index is 665. The molecule has 4 heteroatoms. The van der Waals surface area contributed by atoms with E-state index in [-0.39, 0.29) is 11.2 Å². The van der Waals surface area contributed by atoms with Crippen LogP contribution in [0.25, 0.3) is 0 Å². The Morgan fingerprint density at radius 3 is 2.81 bits per heavy atom. The summed E-state index contributed by atoms with van der Waals surface area (Å²) < 4.78 is 4.43. The van der Waals surface area contributed by atoms with Crippen molar-refractivity contribution in [3.05, 3.63) is 41.7 Å². The van der Waals surface area contributed by atoms with Gasteiger partial charge >= 0.3 is 0 Å². The molecule has 2 aromatic heterocycles. The van der Waals surface area contributed by atoms with Crippen molar-refractivity contribution in [1.82, 2.24) is 14.1 Å². The van der Waals surface area contributed by atoms with Gasteiger partial charge in [-0.15, -0.1) is 0 Å². The first-order valence-corrected chi connectivity index (χ1v) is 7.57. The minimum absolute atomic E-state index is 0.0569. The number of fused-ring (bicyclic) bond motifs is 1. The smallest absolute Gasteiger partial charge is 0.165 e. The number of carbonyl (C=O) groups is 1. The summed E-state index contributed by atoms with van der Waals surface area (Å²) in [5.41, 5.74) is 3.38. The Morgan fingerprint density at radius 2 is 2.14 bits per heavy atom. The van der Waals surface area contributed by atoms with Crippen molar-refractivity contribution >= 4 is 5.78 Å². The molecule has 1 unspecified atom stereocenters. The van der Waals surface area contributed by atoms with Crippen molar-refractivity contribution < 1.29 is 4.79 Å². The lowest BCUT2D eigenvalue weighted by molar-refractivity contribution is 0.0909. The van der Waals surface area contributed by atoms with Crippen LogP contribution in [0.15, 0.2) is 24.8 Å². The molecular formula is C17H23N3O. The Kier molecular flexibility index (Phi) is 3.27. The molecule has 4 nitrogen and oxygen atoms in total. The van der Waals surface area contributed by atoms with Crippen LogP contribution in [0, 0.1) is 12.3 Å². The maximum atomic E-state index is 12.4. The Labute approximate surface area is 125 Å². The van der Waals surface area contributed by atoms with Gasteiger partial charge < -0.3 is 9.13 Å². The zero-order valence-corrected chi connectivity index (χ0v) is 13.3. The summed E-state index contributed by atoms with van der Waals surface area (Å²) in [6, 6.07) is 2.38. The van der Waals surface area contributed by atoms with Gasteiger partial charge in [0.15, 0.2) is 5.78 Å². The van der Waals surface area contributed by atoms with E-state index in [0.29, 0.717) is 12.5 Å². The molecule has 1 aliphatic rings. The SMILES string of the molecule is Cc1cc2c(n1C(C)Cn1ccnc1)CC(C)(C)CC2=O. The van der Waals surface area contributed by atoms with E-state index < -0.39 is 0 Å². The van der Waals surface area contributed by atoms with Gasteiger partial charge in [-0.2, -0.15) is 0 Å². The summed E-state index contributed by atoms with van der Waals surface area (Å²) >= 11 is 0. The highest BCUT2D eigenvalue weighted by Crippen LogP contribution is 2.37. The largest absolute Gasteiger partial charge is 0.344 e. The summed E-state index contributed by atoms with van der Waals surface area (Å²) in [6.45, 7) is 9.54. The average Bonchev–Trinajstić information content (AvgIpc) is 2.95. The van der Waals surface area contributed by atoms with Gasteiger partial charge in [-0.1, -0.05) is 13.8 Å². The quantitative estimate of drug-likeness (QED) is 0.867. The molecule has 0 fully saturated rings. The van der Waals surface area contributed by atoms with Crippen LogP contribution in [-0.2, 0) is 13.0 Å². The number of rotatable bonds is 3. The lowest BCUT2D eigenvalue weighted by atomic mass is 9.76. The maximum Gasteiger partial charge on any atom is 0.165 e. The molecule has 0 spiro atoms. The fourth-order valence-electron chi connectivity index (χ4n) is 3.57. The van der Waals surface area contributed by atoms with Crippen molar-refractivity contribution in [3.63, 3.8) is 0 Å². The molecule has 2 heterocycles. The molecule has 3 rings (SSSR count). The van der Waals surface area contributed by atoms with Crippen LogP contribution in [-0.4, -0.2) is 19.9 Å². The number of hydrogen-bond donors (Lipinski definition) is 0. The fraction of sp³-hybridized carbons (Fsp3) is 0.529. The first-order valence-electron chi connectivity index (χ1n) is 7.57. The van der Waals surface area contributed by atoms with E-state index in [1.807, 2.05) is 12.5 Å². The van der Waals surface area contributed by atoms with Crippen molar-refractivity contribution in [2.75, 3.05) is 0 Å². The van der Waals surface area contributed by atoms with Gasteiger partial charge in [0.1, 0.15) is 0 Å². The van der Waals surface area contributed by atoms with Crippen molar-refractivity contribution in [1.29, 1.82) is 0 Å². The van der Waals surface area contributed by atoms with E-state index in [0.717, 1.165) is 18.5 Å². The molecule has 2 aromatic rings. The average molecular weight is 285 g/mol. The van der Waals surface area contributed by atoms with Gasteiger partial charge in [-0.3, -0.25) is 4.79 Å². The molecule has 0 amide bonds. The highest BCUT2D eigenvalue weighted by Gasteiger charge is 2.34. The predicted octanol–water partition coefficient (Wildman–Crippen LogP) is 3.41. The number of ketones is 1. The lowest BCUT2D eigenvalue weighted by Crippen LogP contribution is -2.29. The number of aryl methyl sites for hydroxylation is 1. The predicted molar refractivity (Wildman–Crippen MR) is 82.5 cm³/mol. The molecule has 1 aliphatic carbocycles. The third kappa shape index (κ3) is 2.55. The first-order chi connectivity index (χ1) is 9.87. The fourth-order valence-corrected chi connectivity index (χ4v) is 3.57. The summed E-state index contributed by atoms with van der Waals surface area (Å²) in [5, 5.41) is 0. The molecule has 112 valence electrons. The molecule has 21 heavy (non-hydrogen) atoms. The van der Waals surface area contributed by atoms with Crippen molar-refractivity contribution in [2.24, 2.45) is 5.41 Å². The van der Waals surface area contributed by atoms with E-state index in [2.05, 4.69) is 47.9 Å². The topological polar surface area (TPSA) is 39.8 Å². The van der Waals surface area contributed by atoms with Gasteiger partial charge in [0.05, 0.1) is 6.33 Å². The molecule has 0 bridgehead atoms. The molecule has 0 N–H and O–H groups in total. The Morgan fingerprint density at radius 1 is 1.38 bits per heavy atom. The lowest BCUT2D eigenvalue weighted by Gasteiger charge is -2.31. The van der Waals surface area contributed by atoms with Crippen LogP contribution in [0.5, 0.6) is 0 Å². The number of imidazole rings is 1. The number of Topliss-reactive ketones (excluding diaryl/α,β-unsaturated/α-hetero) is 1. The first kappa shape index (κ1) is 14.1. The van der Waals surface area contributed by atoms with Crippen LogP contribution >= 0.6 is 0 Å². The minimum atomic E-state index is 0.0569. The molecule has 0 saturated heterocycles. The highest BCUT2D eigenvalue weighted by molar-refractivity contribution is 5.99. The second-order valence-electron chi connectivity index (χ2n) is 7.07. The zero-order chi connectivity index (χ0) is 15.2. The van der Waals surface area contributed by atoms with E-state index in [1.54, 1.807) is 6.20 Å². The van der Waals surface area contributed by atoms with Crippen molar-refractivity contribution in [2.45, 2.75) is 53.1 Å². The second-order valence-corrected chi connectivity index (χ2v) is 7.07. The number of nitrogens with zero attached hydrogens (tertiary/aromatic N) is 3. The van der Waals surface area contributed by atoms with Crippen molar-refractivity contribution in [3.8, 4) is 0 Å². The highest BCUT2D eigenvalue weighted by atomic mass is 16.1. The Balaban J connectivity index is 1.98. The molecular weight excluding hydrogens is 262 g/mol. The van der Waals surface area contributed by atoms with Crippen LogP contribution in [0.4, 0.5) is 0 Å². The third-order valence-corrected chi connectivity index (χ3v) is 4.40. The Hall–Kier alpha value is -1.84. The summed E-state index contributed by atoms with van der Waals surface area (Å²) in [6.07, 6.45) is 7.25. The molecule has 0 saturated carbocycles. The zero-order valence-electron chi connectivity index (χ0n) is 13.3. The van der Waals surface area contributed by atoms with Crippen LogP contribution in [0.1, 0.15) is 55.0 Å². The van der Waals surface area contributed by atoms with E-state index in [9.17, 15) is 4.79 Å². The van der Waals surface area contributed by atoms with E-state index >= 15 is 0 Å². The summed E-state index contributed by atoms with van der Waals surface area (Å²) in [5.74, 6) is 0.290. The summed E-state index contributed by atoms with van der Waals surface area (Å²) in [7, 11) is 0. The maximum absolute atomic E-state index is 12.4. The number of aromatic nitrogens is 3. The standard InChI is InChI=1S/C17H23N3O/c1-12-7-14-15(8-17(3,4)9-16(14)21)20(12)13(2)10-19-6-5-18-11-19/h5-7,11,13H,8-10H2,1-4H3. The second kappa shape index (κ2) is 4.86. The third-order valence-electron chi connectivity index (χ3n) is 4.40. The van der Waals surface area contributed by atoms with Gasteiger partial charge in [0, 0.05) is 48.4 Å². The van der Waals surface area contributed by atoms with E-state index in [1.165, 1.54) is 11.4 Å². The normalized spacial score (nSPS) is 18.6. The summed E-state index contributed by atoms with van der Waals surface area (Å²) in [4.78, 5) is 16.5. The number of hydrogen-bond acceptors (Lipinski definition) is 2. The van der Waals surface area contributed by atoms with Crippen LogP contribution in [0.2, 0.25) is 0 Å². The monoisotopic (exact) mass is 285 g/mol. The molecule has 0 aliphatic heterocycles. The van der Waals surface area contributed by atoms with Gasteiger partial charge in [-0.05, 0) is 31.7 Å². The number of carbonyl (C=O) groups excluding carboxylic acids is 1. The minimum Gasteiger partial charge on any atom is -0.344 e. The van der Waals surface area contributed by atoms with Gasteiger partial charge in [0.2, 0.25) is 0 Å². The van der Waals surface area contributed by atoms with Gasteiger partial charge in [0.25, 0.3) is 0 Å². The van der Waals surface area contributed by atoms with Crippen LogP contribution < -0.4 is 0 Å². The van der Waals surface area contributed by atoms with Gasteiger partial charge in [-0.25, -0.2) is 4.98 Å². The molecule has 0 aromatic carbocycles. The molecule has 1 atom stereocenters.